The average Bonchev–Trinajstić information content (AvgIpc) is 2.01. The van der Waals surface area contributed by atoms with Crippen LogP contribution in [-0.2, 0) is 14.3 Å². The Labute approximate surface area is 85.0 Å². The lowest BCUT2D eigenvalue weighted by Crippen LogP contribution is -2.51. The van der Waals surface area contributed by atoms with Crippen molar-refractivity contribution in [2.45, 2.75) is 32.2 Å². The molecule has 0 aliphatic rings. The molecule has 0 spiro atoms. The number of carboxylic acid groups (broad SMARTS) is 1. The van der Waals surface area contributed by atoms with Gasteiger partial charge in [-0.3, -0.25) is 4.79 Å². The Morgan fingerprint density at radius 2 is 1.60 bits per heavy atom. The fourth-order valence-electron chi connectivity index (χ4n) is 1.07. The van der Waals surface area contributed by atoms with Crippen molar-refractivity contribution in [2.75, 3.05) is 13.2 Å². The summed E-state index contributed by atoms with van der Waals surface area (Å²) in [5, 5.41) is 8.41. The lowest BCUT2D eigenvalue weighted by atomic mass is 10.2. The highest BCUT2D eigenvalue weighted by Gasteiger charge is 2.58. The van der Waals surface area contributed by atoms with Crippen LogP contribution in [-0.4, -0.2) is 36.3 Å². The summed E-state index contributed by atoms with van der Waals surface area (Å²) in [6.07, 6.45) is -6.14. The van der Waals surface area contributed by atoms with Crippen LogP contribution in [0.2, 0.25) is 0 Å². The van der Waals surface area contributed by atoms with Gasteiger partial charge in [0.15, 0.2) is 0 Å². The molecule has 0 atom stereocenters. The zero-order valence-electron chi connectivity index (χ0n) is 8.43. The average molecular weight is 230 g/mol. The number of rotatable bonds is 6. The van der Waals surface area contributed by atoms with Gasteiger partial charge in [0, 0.05) is 13.2 Å². The van der Waals surface area contributed by atoms with Gasteiger partial charge >= 0.3 is 12.1 Å². The summed E-state index contributed by atoms with van der Waals surface area (Å²) in [6, 6.07) is 0. The minimum Gasteiger partial charge on any atom is -0.481 e. The molecule has 0 aromatic rings. The van der Waals surface area contributed by atoms with Crippen LogP contribution >= 0.6 is 0 Å². The quantitative estimate of drug-likeness (QED) is 0.707. The molecule has 0 heterocycles. The largest absolute Gasteiger partial charge is 0.481 e. The Balaban J connectivity index is 4.97. The molecule has 0 aromatic heterocycles. The summed E-state index contributed by atoms with van der Waals surface area (Å²) in [5.74, 6) is -4.67. The molecule has 0 amide bonds. The third kappa shape index (κ3) is 3.67. The molecule has 1 N–H and O–H groups in total. The summed E-state index contributed by atoms with van der Waals surface area (Å²) in [7, 11) is 0. The van der Waals surface area contributed by atoms with E-state index in [-0.39, 0.29) is 13.2 Å². The lowest BCUT2D eigenvalue weighted by molar-refractivity contribution is -0.379. The molecule has 7 heteroatoms. The Bertz CT molecular complexity index is 208. The van der Waals surface area contributed by atoms with Crippen LogP contribution in [0.3, 0.4) is 0 Å². The van der Waals surface area contributed by atoms with Crippen LogP contribution in [0.5, 0.6) is 0 Å². The third-order valence-corrected chi connectivity index (χ3v) is 1.57. The van der Waals surface area contributed by atoms with E-state index in [0.29, 0.717) is 0 Å². The molecule has 0 bridgehead atoms. The van der Waals surface area contributed by atoms with Gasteiger partial charge in [0.2, 0.25) is 0 Å². The van der Waals surface area contributed by atoms with Gasteiger partial charge in [0.05, 0.1) is 0 Å². The number of carboxylic acids is 1. The van der Waals surface area contributed by atoms with Gasteiger partial charge < -0.3 is 14.6 Å². The number of alkyl halides is 3. The summed E-state index contributed by atoms with van der Waals surface area (Å²) in [5.41, 5.74) is 0. The van der Waals surface area contributed by atoms with Gasteiger partial charge in [-0.05, 0) is 13.8 Å². The van der Waals surface area contributed by atoms with E-state index in [2.05, 4.69) is 9.47 Å². The van der Waals surface area contributed by atoms with Crippen LogP contribution in [0, 0.1) is 0 Å². The first-order valence-electron chi connectivity index (χ1n) is 4.35. The zero-order chi connectivity index (χ0) is 12.1. The van der Waals surface area contributed by atoms with Crippen molar-refractivity contribution in [3.05, 3.63) is 0 Å². The van der Waals surface area contributed by atoms with Crippen LogP contribution in [0.1, 0.15) is 20.3 Å². The molecular formula is C8H13F3O4. The maximum Gasteiger partial charge on any atom is 0.443 e. The van der Waals surface area contributed by atoms with Crippen molar-refractivity contribution in [1.29, 1.82) is 0 Å². The first kappa shape index (κ1) is 14.2. The molecule has 0 rings (SSSR count). The molecule has 0 aromatic carbocycles. The maximum atomic E-state index is 12.6. The van der Waals surface area contributed by atoms with Gasteiger partial charge in [0.25, 0.3) is 5.79 Å². The van der Waals surface area contributed by atoms with Crippen molar-refractivity contribution in [3.63, 3.8) is 0 Å². The van der Waals surface area contributed by atoms with E-state index in [9.17, 15) is 18.0 Å². The topological polar surface area (TPSA) is 55.8 Å². The fraction of sp³-hybridized carbons (Fsp3) is 0.875. The Kier molecular flexibility index (Phi) is 5.02. The smallest absolute Gasteiger partial charge is 0.443 e. The standard InChI is InChI=1S/C8H13F3O4/c1-3-14-7(15-4-2,5-6(12)13)8(9,10)11/h3-5H2,1-2H3,(H,12,13). The van der Waals surface area contributed by atoms with Crippen LogP contribution in [0.4, 0.5) is 13.2 Å². The minimum absolute atomic E-state index is 0.285. The highest BCUT2D eigenvalue weighted by Crippen LogP contribution is 2.37. The van der Waals surface area contributed by atoms with E-state index in [0.717, 1.165) is 0 Å². The number of ether oxygens (including phenoxy) is 2. The molecule has 15 heavy (non-hydrogen) atoms. The van der Waals surface area contributed by atoms with Gasteiger partial charge in [0.1, 0.15) is 6.42 Å². The molecule has 90 valence electrons. The highest BCUT2D eigenvalue weighted by atomic mass is 19.4. The van der Waals surface area contributed by atoms with E-state index < -0.39 is 24.4 Å². The number of hydrogen-bond donors (Lipinski definition) is 1. The molecule has 0 unspecified atom stereocenters. The lowest BCUT2D eigenvalue weighted by Gasteiger charge is -2.33. The second-order valence-corrected chi connectivity index (χ2v) is 2.69. The Hall–Kier alpha value is -0.820. The first-order chi connectivity index (χ1) is 6.79. The van der Waals surface area contributed by atoms with Gasteiger partial charge in [-0.1, -0.05) is 0 Å². The molecule has 4 nitrogen and oxygen atoms in total. The fourth-order valence-corrected chi connectivity index (χ4v) is 1.07. The highest BCUT2D eigenvalue weighted by molar-refractivity contribution is 5.68. The van der Waals surface area contributed by atoms with Gasteiger partial charge in [-0.25, -0.2) is 0 Å². The Morgan fingerprint density at radius 1 is 1.20 bits per heavy atom. The number of hydrogen-bond acceptors (Lipinski definition) is 3. The predicted octanol–water partition coefficient (Wildman–Crippen LogP) is 1.79. The summed E-state index contributed by atoms with van der Waals surface area (Å²) < 4.78 is 46.6. The van der Waals surface area contributed by atoms with Crippen LogP contribution in [0.25, 0.3) is 0 Å². The second-order valence-electron chi connectivity index (χ2n) is 2.69. The van der Waals surface area contributed by atoms with Gasteiger partial charge in [-0.15, -0.1) is 0 Å². The van der Waals surface area contributed by atoms with Crippen molar-refractivity contribution >= 4 is 5.97 Å². The SMILES string of the molecule is CCOC(CC(=O)O)(OCC)C(F)(F)F. The molecule has 0 radical (unpaired) electrons. The van der Waals surface area contributed by atoms with E-state index in [1.807, 2.05) is 0 Å². The first-order valence-corrected chi connectivity index (χ1v) is 4.35. The van der Waals surface area contributed by atoms with E-state index in [1.165, 1.54) is 13.8 Å². The maximum absolute atomic E-state index is 12.6. The Morgan fingerprint density at radius 3 is 1.80 bits per heavy atom. The number of halogens is 3. The molecule has 0 aliphatic heterocycles. The molecule has 0 saturated heterocycles. The second kappa shape index (κ2) is 5.32. The van der Waals surface area contributed by atoms with Crippen molar-refractivity contribution < 1.29 is 32.5 Å². The van der Waals surface area contributed by atoms with E-state index >= 15 is 0 Å². The minimum atomic E-state index is -4.88. The monoisotopic (exact) mass is 230 g/mol. The summed E-state index contributed by atoms with van der Waals surface area (Å²) >= 11 is 0. The molecule has 0 saturated carbocycles. The third-order valence-electron chi connectivity index (χ3n) is 1.57. The van der Waals surface area contributed by atoms with Crippen LogP contribution < -0.4 is 0 Å². The summed E-state index contributed by atoms with van der Waals surface area (Å²) in [4.78, 5) is 10.4. The van der Waals surface area contributed by atoms with E-state index in [1.54, 1.807) is 0 Å². The van der Waals surface area contributed by atoms with Crippen molar-refractivity contribution in [1.82, 2.24) is 0 Å². The molecule has 0 aliphatic carbocycles. The van der Waals surface area contributed by atoms with Crippen molar-refractivity contribution in [3.8, 4) is 0 Å². The summed E-state index contributed by atoms with van der Waals surface area (Å²) in [6.45, 7) is 2.10. The number of aliphatic carboxylic acids is 1. The van der Waals surface area contributed by atoms with Crippen molar-refractivity contribution in [2.24, 2.45) is 0 Å². The van der Waals surface area contributed by atoms with Crippen LogP contribution in [0.15, 0.2) is 0 Å². The number of carbonyl (C=O) groups is 1. The van der Waals surface area contributed by atoms with Gasteiger partial charge in [-0.2, -0.15) is 13.2 Å². The molecular weight excluding hydrogens is 217 g/mol. The normalized spacial score (nSPS) is 12.9. The predicted molar refractivity (Wildman–Crippen MR) is 44.3 cm³/mol. The zero-order valence-corrected chi connectivity index (χ0v) is 8.43. The van der Waals surface area contributed by atoms with E-state index in [4.69, 9.17) is 5.11 Å². The molecule has 0 fully saturated rings.